The summed E-state index contributed by atoms with van der Waals surface area (Å²) in [6, 6.07) is 6.53. The normalized spacial score (nSPS) is 12.4. The first-order valence-corrected chi connectivity index (χ1v) is 5.97. The van der Waals surface area contributed by atoms with Gasteiger partial charge in [0.1, 0.15) is 11.6 Å². The third kappa shape index (κ3) is 2.57. The summed E-state index contributed by atoms with van der Waals surface area (Å²) in [5, 5.41) is 0. The van der Waals surface area contributed by atoms with Crippen molar-refractivity contribution in [1.82, 2.24) is 10.4 Å². The van der Waals surface area contributed by atoms with Crippen molar-refractivity contribution in [3.8, 4) is 0 Å². The van der Waals surface area contributed by atoms with E-state index in [0.717, 1.165) is 5.56 Å². The van der Waals surface area contributed by atoms with Gasteiger partial charge in [-0.3, -0.25) is 5.84 Å². The number of nitrogens with two attached hydrogens (primary N) is 2. The number of hydrazine groups is 1. The van der Waals surface area contributed by atoms with Gasteiger partial charge in [-0.05, 0) is 31.0 Å². The molecule has 0 spiro atoms. The number of pyridine rings is 1. The summed E-state index contributed by atoms with van der Waals surface area (Å²) in [6.45, 7) is 3.61. The van der Waals surface area contributed by atoms with Crippen LogP contribution in [0.3, 0.4) is 0 Å². The fraction of sp³-hybridized carbons (Fsp3) is 0.214. The van der Waals surface area contributed by atoms with Gasteiger partial charge in [-0.25, -0.2) is 14.8 Å². The van der Waals surface area contributed by atoms with Gasteiger partial charge in [-0.2, -0.15) is 0 Å². The van der Waals surface area contributed by atoms with Gasteiger partial charge < -0.3 is 5.73 Å². The van der Waals surface area contributed by atoms with Crippen molar-refractivity contribution in [2.45, 2.75) is 19.9 Å². The number of nitrogens with one attached hydrogen (secondary N) is 1. The average Bonchev–Trinajstić information content (AvgIpc) is 2.39. The maximum atomic E-state index is 14.2. The van der Waals surface area contributed by atoms with E-state index in [9.17, 15) is 4.39 Å². The number of halogens is 1. The van der Waals surface area contributed by atoms with Crippen molar-refractivity contribution < 1.29 is 4.39 Å². The van der Waals surface area contributed by atoms with Crippen LogP contribution in [0.1, 0.15) is 28.3 Å². The lowest BCUT2D eigenvalue weighted by Gasteiger charge is -2.20. The summed E-state index contributed by atoms with van der Waals surface area (Å²) in [6.07, 6.45) is 1.67. The average molecular weight is 260 g/mol. The summed E-state index contributed by atoms with van der Waals surface area (Å²) >= 11 is 0. The fourth-order valence-corrected chi connectivity index (χ4v) is 2.07. The molecule has 2 rings (SSSR count). The molecule has 1 unspecified atom stereocenters. The smallest absolute Gasteiger partial charge is 0.131 e. The van der Waals surface area contributed by atoms with Gasteiger partial charge in [0, 0.05) is 17.3 Å². The highest BCUT2D eigenvalue weighted by molar-refractivity contribution is 5.47. The molecule has 2 aromatic rings. The zero-order valence-corrected chi connectivity index (χ0v) is 10.9. The minimum Gasteiger partial charge on any atom is -0.383 e. The molecule has 1 aromatic heterocycles. The molecule has 5 N–H and O–H groups in total. The number of nitrogen functional groups attached to an aromatic ring is 1. The van der Waals surface area contributed by atoms with E-state index in [1.54, 1.807) is 31.3 Å². The first kappa shape index (κ1) is 13.5. The highest BCUT2D eigenvalue weighted by atomic mass is 19.1. The Morgan fingerprint density at radius 3 is 2.68 bits per heavy atom. The fourth-order valence-electron chi connectivity index (χ4n) is 2.07. The molecular weight excluding hydrogens is 243 g/mol. The molecule has 0 amide bonds. The van der Waals surface area contributed by atoms with Crippen LogP contribution >= 0.6 is 0 Å². The van der Waals surface area contributed by atoms with Crippen LogP contribution in [-0.2, 0) is 0 Å². The molecule has 4 nitrogen and oxygen atoms in total. The second kappa shape index (κ2) is 5.34. The molecule has 1 heterocycles. The van der Waals surface area contributed by atoms with Crippen molar-refractivity contribution in [1.29, 1.82) is 0 Å². The van der Waals surface area contributed by atoms with Gasteiger partial charge in [0.2, 0.25) is 0 Å². The van der Waals surface area contributed by atoms with E-state index >= 15 is 0 Å². The third-order valence-corrected chi connectivity index (χ3v) is 3.10. The summed E-state index contributed by atoms with van der Waals surface area (Å²) in [5.74, 6) is 5.63. The lowest BCUT2D eigenvalue weighted by atomic mass is 9.97. The van der Waals surface area contributed by atoms with Gasteiger partial charge in [0.25, 0.3) is 0 Å². The van der Waals surface area contributed by atoms with Gasteiger partial charge in [0.15, 0.2) is 0 Å². The first-order chi connectivity index (χ1) is 9.04. The van der Waals surface area contributed by atoms with E-state index in [0.29, 0.717) is 22.5 Å². The molecule has 0 aliphatic carbocycles. The number of aromatic nitrogens is 1. The Kier molecular flexibility index (Phi) is 3.78. The predicted molar refractivity (Wildman–Crippen MR) is 73.7 cm³/mol. The number of hydrogen-bond acceptors (Lipinski definition) is 4. The number of rotatable bonds is 3. The van der Waals surface area contributed by atoms with E-state index in [2.05, 4.69) is 10.4 Å². The molecule has 0 bridgehead atoms. The third-order valence-electron chi connectivity index (χ3n) is 3.10. The molecule has 5 heteroatoms. The summed E-state index contributed by atoms with van der Waals surface area (Å²) < 4.78 is 14.2. The second-order valence-electron chi connectivity index (χ2n) is 4.56. The summed E-state index contributed by atoms with van der Waals surface area (Å²) in [4.78, 5) is 4.08. The standard InChI is InChI=1S/C14H17FN4/c1-8-6-11(14(16)18-7-8)13(19-17)10-5-3-4-9(2)12(10)15/h3-7,13,19H,17H2,1-2H3,(H2,16,18). The highest BCUT2D eigenvalue weighted by Gasteiger charge is 2.20. The van der Waals surface area contributed by atoms with Crippen molar-refractivity contribution >= 4 is 5.82 Å². The van der Waals surface area contributed by atoms with Crippen LogP contribution in [0, 0.1) is 19.7 Å². The zero-order valence-electron chi connectivity index (χ0n) is 10.9. The SMILES string of the molecule is Cc1cnc(N)c(C(NN)c2cccc(C)c2F)c1. The summed E-state index contributed by atoms with van der Waals surface area (Å²) in [5.41, 5.74) is 11.1. The van der Waals surface area contributed by atoms with Crippen LogP contribution in [0.25, 0.3) is 0 Å². The van der Waals surface area contributed by atoms with Gasteiger partial charge in [0.05, 0.1) is 6.04 Å². The monoisotopic (exact) mass is 260 g/mol. The Hall–Kier alpha value is -1.98. The minimum atomic E-state index is -0.521. The van der Waals surface area contributed by atoms with Crippen molar-refractivity contribution in [3.05, 3.63) is 58.5 Å². The number of anilines is 1. The molecule has 1 aromatic carbocycles. The van der Waals surface area contributed by atoms with Crippen molar-refractivity contribution in [3.63, 3.8) is 0 Å². The Labute approximate surface area is 111 Å². The van der Waals surface area contributed by atoms with E-state index in [4.69, 9.17) is 11.6 Å². The van der Waals surface area contributed by atoms with Crippen LogP contribution in [0.4, 0.5) is 10.2 Å². The molecule has 1 atom stereocenters. The number of benzene rings is 1. The molecule has 0 aliphatic rings. The molecule has 0 radical (unpaired) electrons. The topological polar surface area (TPSA) is 77.0 Å². The van der Waals surface area contributed by atoms with Gasteiger partial charge in [-0.1, -0.05) is 18.2 Å². The Balaban J connectivity index is 2.56. The maximum Gasteiger partial charge on any atom is 0.131 e. The highest BCUT2D eigenvalue weighted by Crippen LogP contribution is 2.28. The van der Waals surface area contributed by atoms with Crippen LogP contribution in [0.5, 0.6) is 0 Å². The van der Waals surface area contributed by atoms with E-state index in [1.807, 2.05) is 13.0 Å². The lowest BCUT2D eigenvalue weighted by Crippen LogP contribution is -2.30. The Morgan fingerprint density at radius 2 is 2.00 bits per heavy atom. The lowest BCUT2D eigenvalue weighted by molar-refractivity contribution is 0.554. The van der Waals surface area contributed by atoms with Crippen molar-refractivity contribution in [2.75, 3.05) is 5.73 Å². The first-order valence-electron chi connectivity index (χ1n) is 5.97. The summed E-state index contributed by atoms with van der Waals surface area (Å²) in [7, 11) is 0. The van der Waals surface area contributed by atoms with Crippen molar-refractivity contribution in [2.24, 2.45) is 5.84 Å². The molecule has 100 valence electrons. The molecule has 0 aliphatic heterocycles. The van der Waals surface area contributed by atoms with E-state index in [-0.39, 0.29) is 5.82 Å². The number of hydrogen-bond donors (Lipinski definition) is 3. The van der Waals surface area contributed by atoms with E-state index < -0.39 is 6.04 Å². The molecule has 19 heavy (non-hydrogen) atoms. The van der Waals surface area contributed by atoms with Crippen LogP contribution in [0.15, 0.2) is 30.5 Å². The molecular formula is C14H17FN4. The van der Waals surface area contributed by atoms with Crippen LogP contribution in [-0.4, -0.2) is 4.98 Å². The zero-order chi connectivity index (χ0) is 14.0. The van der Waals surface area contributed by atoms with E-state index in [1.165, 1.54) is 0 Å². The van der Waals surface area contributed by atoms with Crippen LogP contribution < -0.4 is 17.0 Å². The Bertz CT molecular complexity index is 596. The number of aryl methyl sites for hydroxylation is 2. The van der Waals surface area contributed by atoms with Crippen LogP contribution in [0.2, 0.25) is 0 Å². The maximum absolute atomic E-state index is 14.2. The predicted octanol–water partition coefficient (Wildman–Crippen LogP) is 1.97. The number of nitrogens with zero attached hydrogens (tertiary/aromatic N) is 1. The quantitative estimate of drug-likeness (QED) is 0.582. The Morgan fingerprint density at radius 1 is 1.26 bits per heavy atom. The minimum absolute atomic E-state index is 0.286. The molecule has 0 fully saturated rings. The largest absolute Gasteiger partial charge is 0.383 e. The molecule has 0 saturated carbocycles. The second-order valence-corrected chi connectivity index (χ2v) is 4.56. The molecule has 0 saturated heterocycles. The van der Waals surface area contributed by atoms with Gasteiger partial charge >= 0.3 is 0 Å². The van der Waals surface area contributed by atoms with Gasteiger partial charge in [-0.15, -0.1) is 0 Å².